The minimum absolute atomic E-state index is 0.00747. The molecule has 2 rings (SSSR count). The van der Waals surface area contributed by atoms with Crippen molar-refractivity contribution < 1.29 is 23.4 Å². The van der Waals surface area contributed by atoms with E-state index in [-0.39, 0.29) is 17.5 Å². The van der Waals surface area contributed by atoms with Crippen LogP contribution < -0.4 is 5.56 Å². The van der Waals surface area contributed by atoms with Crippen LogP contribution in [0, 0.1) is 11.6 Å². The molecule has 0 saturated carbocycles. The van der Waals surface area contributed by atoms with Gasteiger partial charge in [0.2, 0.25) is 0 Å². The molecule has 1 aromatic heterocycles. The number of aromatic nitrogens is 1. The van der Waals surface area contributed by atoms with Crippen LogP contribution in [0.15, 0.2) is 16.9 Å². The highest BCUT2D eigenvalue weighted by atomic mass is 19.2. The Balaban J connectivity index is 2.78. The third-order valence-corrected chi connectivity index (χ3v) is 2.51. The number of fused-ring (bicyclic) bond motifs is 1. The number of benzene rings is 1. The van der Waals surface area contributed by atoms with Crippen LogP contribution in [0.4, 0.5) is 8.78 Å². The van der Waals surface area contributed by atoms with Gasteiger partial charge in [-0.3, -0.25) is 4.79 Å². The Hall–Kier alpha value is -2.44. The molecule has 0 aliphatic heterocycles. The normalized spacial score (nSPS) is 10.7. The molecule has 0 amide bonds. The largest absolute Gasteiger partial charge is 0.506 e. The lowest BCUT2D eigenvalue weighted by molar-refractivity contribution is 0.0521. The van der Waals surface area contributed by atoms with Crippen LogP contribution in [0.2, 0.25) is 0 Å². The van der Waals surface area contributed by atoms with Gasteiger partial charge in [0.1, 0.15) is 5.75 Å². The van der Waals surface area contributed by atoms with E-state index in [1.54, 1.807) is 0 Å². The highest BCUT2D eigenvalue weighted by Crippen LogP contribution is 2.27. The van der Waals surface area contributed by atoms with Crippen molar-refractivity contribution in [3.05, 3.63) is 39.7 Å². The zero-order chi connectivity index (χ0) is 14.2. The van der Waals surface area contributed by atoms with E-state index in [4.69, 9.17) is 0 Å². The third kappa shape index (κ3) is 2.14. The molecular weight excluding hydrogens is 260 g/mol. The number of rotatable bonds is 2. The molecule has 2 aromatic rings. The van der Waals surface area contributed by atoms with Gasteiger partial charge in [-0.25, -0.2) is 13.6 Å². The van der Waals surface area contributed by atoms with Crippen molar-refractivity contribution in [3.63, 3.8) is 0 Å². The number of ether oxygens (including phenoxy) is 1. The number of halogens is 2. The second kappa shape index (κ2) is 4.68. The number of hydrogen-bond donors (Lipinski definition) is 2. The number of nitrogens with one attached hydrogen (secondary N) is 1. The summed E-state index contributed by atoms with van der Waals surface area (Å²) in [6.45, 7) is 1.53. The molecule has 0 bridgehead atoms. The Bertz CT molecular complexity index is 724. The summed E-state index contributed by atoms with van der Waals surface area (Å²) in [6, 6.07) is 1.42. The minimum Gasteiger partial charge on any atom is -0.506 e. The molecule has 0 atom stereocenters. The zero-order valence-corrected chi connectivity index (χ0v) is 9.79. The van der Waals surface area contributed by atoms with Gasteiger partial charge in [0.05, 0.1) is 12.1 Å². The van der Waals surface area contributed by atoms with Gasteiger partial charge >= 0.3 is 5.97 Å². The van der Waals surface area contributed by atoms with Crippen LogP contribution in [0.5, 0.6) is 5.75 Å². The standard InChI is InChI=1S/C12H9F2NO4/c1-2-19-12(18)9-10(16)5-3-6(13)7(14)4-8(5)15-11(9)17/h3-4H,2H2,1H3,(H2,15,16,17). The Morgan fingerprint density at radius 3 is 2.63 bits per heavy atom. The fourth-order valence-electron chi connectivity index (χ4n) is 1.67. The fraction of sp³-hybridized carbons (Fsp3) is 0.167. The number of H-pyrrole nitrogens is 1. The molecule has 0 spiro atoms. The van der Waals surface area contributed by atoms with E-state index in [2.05, 4.69) is 9.72 Å². The molecule has 5 nitrogen and oxygen atoms in total. The highest BCUT2D eigenvalue weighted by molar-refractivity contribution is 5.99. The summed E-state index contributed by atoms with van der Waals surface area (Å²) in [6.07, 6.45) is 0. The first kappa shape index (κ1) is 13.0. The zero-order valence-electron chi connectivity index (χ0n) is 9.79. The lowest BCUT2D eigenvalue weighted by atomic mass is 10.1. The van der Waals surface area contributed by atoms with Crippen LogP contribution in [-0.4, -0.2) is 22.7 Å². The summed E-state index contributed by atoms with van der Waals surface area (Å²) >= 11 is 0. The molecule has 19 heavy (non-hydrogen) atoms. The maximum atomic E-state index is 13.1. The first-order valence-corrected chi connectivity index (χ1v) is 5.36. The molecule has 0 aliphatic carbocycles. The molecule has 0 fully saturated rings. The SMILES string of the molecule is CCOC(=O)c1c(O)c2cc(F)c(F)cc2[nH]c1=O. The molecule has 0 unspecified atom stereocenters. The molecule has 2 N–H and O–H groups in total. The maximum Gasteiger partial charge on any atom is 0.347 e. The van der Waals surface area contributed by atoms with Crippen molar-refractivity contribution >= 4 is 16.9 Å². The number of pyridine rings is 1. The number of aromatic hydroxyl groups is 1. The topological polar surface area (TPSA) is 79.4 Å². The summed E-state index contributed by atoms with van der Waals surface area (Å²) in [5, 5.41) is 9.65. The first-order chi connectivity index (χ1) is 8.95. The minimum atomic E-state index is -1.20. The lowest BCUT2D eigenvalue weighted by Crippen LogP contribution is -2.20. The average Bonchev–Trinajstić information content (AvgIpc) is 2.32. The molecule has 1 heterocycles. The van der Waals surface area contributed by atoms with E-state index < -0.39 is 34.5 Å². The van der Waals surface area contributed by atoms with Crippen molar-refractivity contribution in [2.45, 2.75) is 6.92 Å². The number of carbonyl (C=O) groups excluding carboxylic acids is 1. The number of carbonyl (C=O) groups is 1. The lowest BCUT2D eigenvalue weighted by Gasteiger charge is -2.07. The van der Waals surface area contributed by atoms with Crippen molar-refractivity contribution in [1.82, 2.24) is 4.98 Å². The molecule has 0 aliphatic rings. The smallest absolute Gasteiger partial charge is 0.347 e. The summed E-state index contributed by atoms with van der Waals surface area (Å²) in [4.78, 5) is 25.3. The molecule has 0 radical (unpaired) electrons. The Labute approximate surface area is 105 Å². The monoisotopic (exact) mass is 269 g/mol. The molecular formula is C12H9F2NO4. The Morgan fingerprint density at radius 2 is 2.00 bits per heavy atom. The van der Waals surface area contributed by atoms with E-state index in [0.717, 1.165) is 6.07 Å². The van der Waals surface area contributed by atoms with Crippen LogP contribution in [0.25, 0.3) is 10.9 Å². The Kier molecular flexibility index (Phi) is 3.20. The summed E-state index contributed by atoms with van der Waals surface area (Å²) in [7, 11) is 0. The van der Waals surface area contributed by atoms with E-state index in [1.165, 1.54) is 6.92 Å². The van der Waals surface area contributed by atoms with E-state index >= 15 is 0 Å². The number of aromatic amines is 1. The van der Waals surface area contributed by atoms with E-state index in [9.17, 15) is 23.5 Å². The van der Waals surface area contributed by atoms with Gasteiger partial charge in [0, 0.05) is 11.5 Å². The molecule has 7 heteroatoms. The van der Waals surface area contributed by atoms with Crippen LogP contribution >= 0.6 is 0 Å². The summed E-state index contributed by atoms with van der Waals surface area (Å²) in [5.41, 5.74) is -1.69. The van der Waals surface area contributed by atoms with Gasteiger partial charge in [-0.1, -0.05) is 0 Å². The molecule has 0 saturated heterocycles. The Morgan fingerprint density at radius 1 is 1.37 bits per heavy atom. The van der Waals surface area contributed by atoms with E-state index in [1.807, 2.05) is 0 Å². The van der Waals surface area contributed by atoms with Gasteiger partial charge in [0.15, 0.2) is 17.2 Å². The highest BCUT2D eigenvalue weighted by Gasteiger charge is 2.21. The van der Waals surface area contributed by atoms with Gasteiger partial charge in [-0.15, -0.1) is 0 Å². The number of esters is 1. The second-order valence-corrected chi connectivity index (χ2v) is 3.71. The summed E-state index contributed by atoms with van der Waals surface area (Å²) in [5.74, 6) is -4.15. The van der Waals surface area contributed by atoms with Crippen molar-refractivity contribution in [1.29, 1.82) is 0 Å². The predicted octanol–water partition coefficient (Wildman–Crippen LogP) is 1.69. The van der Waals surface area contributed by atoms with E-state index in [0.29, 0.717) is 6.07 Å². The van der Waals surface area contributed by atoms with Crippen LogP contribution in [0.3, 0.4) is 0 Å². The van der Waals surface area contributed by atoms with Gasteiger partial charge in [-0.2, -0.15) is 0 Å². The van der Waals surface area contributed by atoms with Crippen molar-refractivity contribution in [3.8, 4) is 5.75 Å². The number of hydrogen-bond acceptors (Lipinski definition) is 4. The third-order valence-electron chi connectivity index (χ3n) is 2.51. The molecule has 100 valence electrons. The fourth-order valence-corrected chi connectivity index (χ4v) is 1.67. The quantitative estimate of drug-likeness (QED) is 0.813. The maximum absolute atomic E-state index is 13.1. The van der Waals surface area contributed by atoms with Gasteiger partial charge in [-0.05, 0) is 13.0 Å². The van der Waals surface area contributed by atoms with Gasteiger partial charge < -0.3 is 14.8 Å². The van der Waals surface area contributed by atoms with Crippen molar-refractivity contribution in [2.75, 3.05) is 6.61 Å². The predicted molar refractivity (Wildman–Crippen MR) is 62.1 cm³/mol. The molecule has 1 aromatic carbocycles. The van der Waals surface area contributed by atoms with Gasteiger partial charge in [0.25, 0.3) is 5.56 Å². The first-order valence-electron chi connectivity index (χ1n) is 5.36. The van der Waals surface area contributed by atoms with Crippen LogP contribution in [-0.2, 0) is 4.74 Å². The average molecular weight is 269 g/mol. The second-order valence-electron chi connectivity index (χ2n) is 3.71. The van der Waals surface area contributed by atoms with Crippen LogP contribution in [0.1, 0.15) is 17.3 Å². The van der Waals surface area contributed by atoms with Crippen molar-refractivity contribution in [2.24, 2.45) is 0 Å². The summed E-state index contributed by atoms with van der Waals surface area (Å²) < 4.78 is 30.7.